The molecule has 106 valence electrons. The topological polar surface area (TPSA) is 35.5 Å². The molecule has 0 aliphatic carbocycles. The van der Waals surface area contributed by atoms with E-state index < -0.39 is 8.32 Å². The maximum Gasteiger partial charge on any atom is 0.330 e. The summed E-state index contributed by atoms with van der Waals surface area (Å²) in [5, 5.41) is 0.215. The molecule has 0 aromatic carbocycles. The third-order valence-electron chi connectivity index (χ3n) is 3.58. The SMILES string of the molecule is CCC(C/C=C\C(=O)OC)O[Si](C)(C)C(C)(C)C. The maximum absolute atomic E-state index is 11.0. The highest BCUT2D eigenvalue weighted by atomic mass is 28.4. The van der Waals surface area contributed by atoms with Gasteiger partial charge in [0.25, 0.3) is 0 Å². The second kappa shape index (κ2) is 7.09. The number of hydrogen-bond acceptors (Lipinski definition) is 3. The molecule has 0 fully saturated rings. The number of esters is 1. The Hall–Kier alpha value is -0.613. The number of carbonyl (C=O) groups excluding carboxylic acids is 1. The van der Waals surface area contributed by atoms with Gasteiger partial charge < -0.3 is 9.16 Å². The summed E-state index contributed by atoms with van der Waals surface area (Å²) < 4.78 is 10.9. The summed E-state index contributed by atoms with van der Waals surface area (Å²) >= 11 is 0. The van der Waals surface area contributed by atoms with Gasteiger partial charge in [-0.1, -0.05) is 33.8 Å². The van der Waals surface area contributed by atoms with Crippen LogP contribution >= 0.6 is 0 Å². The van der Waals surface area contributed by atoms with Gasteiger partial charge in [0.05, 0.1) is 7.11 Å². The van der Waals surface area contributed by atoms with E-state index in [1.54, 1.807) is 0 Å². The van der Waals surface area contributed by atoms with Gasteiger partial charge in [0.1, 0.15) is 0 Å². The summed E-state index contributed by atoms with van der Waals surface area (Å²) in [6.07, 6.45) is 5.22. The molecular formula is C14H28O3Si. The van der Waals surface area contributed by atoms with E-state index in [2.05, 4.69) is 45.5 Å². The molecule has 0 rings (SSSR count). The largest absolute Gasteiger partial charge is 0.466 e. The number of carbonyl (C=O) groups is 1. The van der Waals surface area contributed by atoms with Crippen molar-refractivity contribution in [1.29, 1.82) is 0 Å². The fourth-order valence-corrected chi connectivity index (χ4v) is 2.73. The first-order chi connectivity index (χ1) is 8.14. The van der Waals surface area contributed by atoms with E-state index in [-0.39, 0.29) is 17.1 Å². The lowest BCUT2D eigenvalue weighted by Gasteiger charge is -2.39. The van der Waals surface area contributed by atoms with Crippen LogP contribution in [0.25, 0.3) is 0 Å². The molecule has 1 unspecified atom stereocenters. The van der Waals surface area contributed by atoms with Crippen LogP contribution in [0.5, 0.6) is 0 Å². The monoisotopic (exact) mass is 272 g/mol. The Labute approximate surface area is 113 Å². The van der Waals surface area contributed by atoms with Crippen LogP contribution in [0, 0.1) is 0 Å². The first-order valence-corrected chi connectivity index (χ1v) is 9.47. The number of rotatable bonds is 6. The molecule has 1 atom stereocenters. The van der Waals surface area contributed by atoms with E-state index in [0.29, 0.717) is 0 Å². The first-order valence-electron chi connectivity index (χ1n) is 6.56. The van der Waals surface area contributed by atoms with Crippen LogP contribution in [0.15, 0.2) is 12.2 Å². The molecule has 0 spiro atoms. The Bertz CT molecular complexity index is 290. The molecule has 0 aromatic rings. The van der Waals surface area contributed by atoms with Crippen molar-refractivity contribution in [2.75, 3.05) is 7.11 Å². The highest BCUT2D eigenvalue weighted by Crippen LogP contribution is 2.37. The molecule has 0 bridgehead atoms. The van der Waals surface area contributed by atoms with E-state index >= 15 is 0 Å². The van der Waals surface area contributed by atoms with Crippen LogP contribution in [-0.2, 0) is 14.0 Å². The van der Waals surface area contributed by atoms with E-state index in [9.17, 15) is 4.79 Å². The molecule has 0 N–H and O–H groups in total. The van der Waals surface area contributed by atoms with Gasteiger partial charge in [-0.05, 0) is 31.0 Å². The third kappa shape index (κ3) is 5.82. The van der Waals surface area contributed by atoms with Gasteiger partial charge in [-0.25, -0.2) is 4.79 Å². The van der Waals surface area contributed by atoms with Gasteiger partial charge in [0.15, 0.2) is 8.32 Å². The molecule has 0 saturated heterocycles. The van der Waals surface area contributed by atoms with Crippen molar-refractivity contribution < 1.29 is 14.0 Å². The van der Waals surface area contributed by atoms with E-state index in [1.807, 2.05) is 6.08 Å². The highest BCUT2D eigenvalue weighted by molar-refractivity contribution is 6.74. The average Bonchev–Trinajstić information content (AvgIpc) is 2.25. The van der Waals surface area contributed by atoms with Crippen LogP contribution in [0.3, 0.4) is 0 Å². The Kier molecular flexibility index (Phi) is 6.85. The van der Waals surface area contributed by atoms with Crippen molar-refractivity contribution >= 4 is 14.3 Å². The van der Waals surface area contributed by atoms with Gasteiger partial charge in [0.2, 0.25) is 0 Å². The lowest BCUT2D eigenvalue weighted by atomic mass is 10.2. The smallest absolute Gasteiger partial charge is 0.330 e. The molecule has 0 radical (unpaired) electrons. The summed E-state index contributed by atoms with van der Waals surface area (Å²) in [5.41, 5.74) is 0. The quantitative estimate of drug-likeness (QED) is 0.418. The fraction of sp³-hybridized carbons (Fsp3) is 0.786. The minimum Gasteiger partial charge on any atom is -0.466 e. The predicted molar refractivity (Wildman–Crippen MR) is 78.1 cm³/mol. The van der Waals surface area contributed by atoms with Crippen molar-refractivity contribution in [2.45, 2.75) is 64.8 Å². The zero-order valence-electron chi connectivity index (χ0n) is 12.9. The molecule has 0 aliphatic heterocycles. The Balaban J connectivity index is 4.45. The predicted octanol–water partition coefficient (Wildman–Crippen LogP) is 3.91. The fourth-order valence-electron chi connectivity index (χ4n) is 1.28. The van der Waals surface area contributed by atoms with E-state index in [0.717, 1.165) is 12.8 Å². The van der Waals surface area contributed by atoms with Gasteiger partial charge >= 0.3 is 5.97 Å². The zero-order chi connectivity index (χ0) is 14.4. The van der Waals surface area contributed by atoms with Gasteiger partial charge in [-0.2, -0.15) is 0 Å². The standard InChI is InChI=1S/C14H28O3Si/c1-8-12(10-9-11-13(15)16-5)17-18(6,7)14(2,3)4/h9,11-12H,8,10H2,1-7H3/b11-9-. The van der Waals surface area contributed by atoms with Crippen molar-refractivity contribution in [3.05, 3.63) is 12.2 Å². The lowest BCUT2D eigenvalue weighted by Crippen LogP contribution is -2.43. The average molecular weight is 272 g/mol. The molecule has 0 aromatic heterocycles. The number of hydrogen-bond donors (Lipinski definition) is 0. The highest BCUT2D eigenvalue weighted by Gasteiger charge is 2.38. The normalized spacial score (nSPS) is 14.8. The van der Waals surface area contributed by atoms with E-state index in [4.69, 9.17) is 4.43 Å². The summed E-state index contributed by atoms with van der Waals surface area (Å²) in [7, 11) is -0.339. The van der Waals surface area contributed by atoms with Crippen LogP contribution in [0.1, 0.15) is 40.5 Å². The molecule has 0 amide bonds. The third-order valence-corrected chi connectivity index (χ3v) is 8.11. The molecule has 0 saturated carbocycles. The summed E-state index contributed by atoms with van der Waals surface area (Å²) in [6.45, 7) is 13.3. The van der Waals surface area contributed by atoms with Crippen LogP contribution in [-0.4, -0.2) is 27.5 Å². The zero-order valence-corrected chi connectivity index (χ0v) is 13.9. The van der Waals surface area contributed by atoms with Gasteiger partial charge in [0, 0.05) is 12.2 Å². The lowest BCUT2D eigenvalue weighted by molar-refractivity contribution is -0.134. The van der Waals surface area contributed by atoms with Crippen molar-refractivity contribution in [3.63, 3.8) is 0 Å². The van der Waals surface area contributed by atoms with Crippen molar-refractivity contribution in [1.82, 2.24) is 0 Å². The molecular weight excluding hydrogens is 244 g/mol. The minimum absolute atomic E-state index is 0.187. The van der Waals surface area contributed by atoms with Crippen LogP contribution in [0.4, 0.5) is 0 Å². The van der Waals surface area contributed by atoms with E-state index in [1.165, 1.54) is 13.2 Å². The molecule has 4 heteroatoms. The van der Waals surface area contributed by atoms with Crippen molar-refractivity contribution in [2.24, 2.45) is 0 Å². The maximum atomic E-state index is 11.0. The number of ether oxygens (including phenoxy) is 1. The summed E-state index contributed by atoms with van der Waals surface area (Å²) in [5.74, 6) is -0.308. The van der Waals surface area contributed by atoms with Gasteiger partial charge in [-0.3, -0.25) is 0 Å². The van der Waals surface area contributed by atoms with Gasteiger partial charge in [-0.15, -0.1) is 0 Å². The second-order valence-corrected chi connectivity index (χ2v) is 10.8. The Morgan fingerprint density at radius 2 is 1.89 bits per heavy atom. The molecule has 0 heterocycles. The van der Waals surface area contributed by atoms with Crippen LogP contribution in [0.2, 0.25) is 18.1 Å². The summed E-state index contributed by atoms with van der Waals surface area (Å²) in [6, 6.07) is 0. The molecule has 3 nitrogen and oxygen atoms in total. The second-order valence-electron chi connectivity index (χ2n) is 6.07. The Morgan fingerprint density at radius 1 is 1.33 bits per heavy atom. The van der Waals surface area contributed by atoms with Crippen LogP contribution < -0.4 is 0 Å². The Morgan fingerprint density at radius 3 is 2.28 bits per heavy atom. The summed E-state index contributed by atoms with van der Waals surface area (Å²) in [4.78, 5) is 11.0. The first kappa shape index (κ1) is 17.4. The minimum atomic E-state index is -1.72. The number of methoxy groups -OCH3 is 1. The molecule has 0 aliphatic rings. The molecule has 18 heavy (non-hydrogen) atoms. The van der Waals surface area contributed by atoms with Crippen molar-refractivity contribution in [3.8, 4) is 0 Å².